The first-order chi connectivity index (χ1) is 19.9. The maximum absolute atomic E-state index is 13.3. The second kappa shape index (κ2) is 15.1. The fraction of sp³-hybridized carbons (Fsp3) is 0.500. The van der Waals surface area contributed by atoms with Crippen LogP contribution in [0.25, 0.3) is 17.1 Å². The number of ether oxygens (including phenoxy) is 1. The number of hydrogen-bond acceptors (Lipinski definition) is 6. The van der Waals surface area contributed by atoms with E-state index in [2.05, 4.69) is 36.2 Å². The molecule has 1 aromatic heterocycles. The number of amides is 2. The van der Waals surface area contributed by atoms with Crippen LogP contribution in [0.15, 0.2) is 53.7 Å². The maximum Gasteiger partial charge on any atom is 0.233 e. The molecule has 9 heteroatoms. The van der Waals surface area contributed by atoms with Crippen molar-refractivity contribution >= 4 is 23.6 Å². The number of methoxy groups -OCH3 is 1. The van der Waals surface area contributed by atoms with Crippen molar-refractivity contribution in [2.75, 3.05) is 32.5 Å². The highest BCUT2D eigenvalue weighted by molar-refractivity contribution is 7.99. The molecule has 1 aliphatic rings. The number of hydrogen-bond donors (Lipinski definition) is 0. The summed E-state index contributed by atoms with van der Waals surface area (Å²) in [5.41, 5.74) is 3.02. The number of aryl methyl sites for hydroxylation is 1. The van der Waals surface area contributed by atoms with Crippen LogP contribution in [0, 0.1) is 6.92 Å². The molecular weight excluding hydrogens is 534 g/mol. The number of thioether (sulfide) groups is 1. The molecule has 0 spiro atoms. The number of unbranched alkanes of at least 4 members (excludes halogenated alkanes) is 5. The monoisotopic (exact) mass is 577 g/mol. The molecule has 1 atom stereocenters. The van der Waals surface area contributed by atoms with Gasteiger partial charge in [0, 0.05) is 43.3 Å². The first kappa shape index (κ1) is 30.6. The van der Waals surface area contributed by atoms with Crippen molar-refractivity contribution in [3.05, 3.63) is 54.1 Å². The summed E-state index contributed by atoms with van der Waals surface area (Å²) < 4.78 is 7.33. The summed E-state index contributed by atoms with van der Waals surface area (Å²) in [5, 5.41) is 9.63. The number of benzene rings is 2. The van der Waals surface area contributed by atoms with E-state index in [1.807, 2.05) is 57.7 Å². The average molecular weight is 578 g/mol. The quantitative estimate of drug-likeness (QED) is 0.179. The van der Waals surface area contributed by atoms with E-state index in [4.69, 9.17) is 4.74 Å². The molecule has 0 bridgehead atoms. The summed E-state index contributed by atoms with van der Waals surface area (Å²) >= 11 is 1.39. The second-order valence-corrected chi connectivity index (χ2v) is 11.7. The van der Waals surface area contributed by atoms with Gasteiger partial charge in [-0.25, -0.2) is 0 Å². The van der Waals surface area contributed by atoms with Crippen molar-refractivity contribution in [3.63, 3.8) is 0 Å². The van der Waals surface area contributed by atoms with Crippen LogP contribution in [0.5, 0.6) is 5.75 Å². The molecule has 1 fully saturated rings. The van der Waals surface area contributed by atoms with Gasteiger partial charge in [-0.3, -0.25) is 14.2 Å². The van der Waals surface area contributed by atoms with Gasteiger partial charge in [0.2, 0.25) is 11.8 Å². The van der Waals surface area contributed by atoms with Gasteiger partial charge in [0.05, 0.1) is 12.9 Å². The van der Waals surface area contributed by atoms with E-state index in [9.17, 15) is 9.59 Å². The van der Waals surface area contributed by atoms with Crippen LogP contribution >= 0.6 is 11.8 Å². The molecular formula is C32H43N5O3S. The van der Waals surface area contributed by atoms with Gasteiger partial charge < -0.3 is 14.5 Å². The van der Waals surface area contributed by atoms with Gasteiger partial charge in [-0.15, -0.1) is 10.2 Å². The van der Waals surface area contributed by atoms with Crippen molar-refractivity contribution in [2.24, 2.45) is 0 Å². The summed E-state index contributed by atoms with van der Waals surface area (Å²) in [7, 11) is 1.64. The Kier molecular flexibility index (Phi) is 11.2. The van der Waals surface area contributed by atoms with E-state index in [-0.39, 0.29) is 23.6 Å². The molecule has 220 valence electrons. The first-order valence-corrected chi connectivity index (χ1v) is 15.8. The van der Waals surface area contributed by atoms with Crippen LogP contribution in [0.3, 0.4) is 0 Å². The largest absolute Gasteiger partial charge is 0.497 e. The van der Waals surface area contributed by atoms with Crippen molar-refractivity contribution < 1.29 is 14.3 Å². The fourth-order valence-electron chi connectivity index (χ4n) is 5.19. The van der Waals surface area contributed by atoms with Gasteiger partial charge >= 0.3 is 0 Å². The molecule has 1 saturated heterocycles. The Balaban J connectivity index is 1.37. The minimum Gasteiger partial charge on any atom is -0.497 e. The van der Waals surface area contributed by atoms with Gasteiger partial charge in [-0.1, -0.05) is 80.6 Å². The van der Waals surface area contributed by atoms with Crippen LogP contribution in [0.4, 0.5) is 0 Å². The molecule has 41 heavy (non-hydrogen) atoms. The molecule has 1 aliphatic heterocycles. The molecule has 2 heterocycles. The van der Waals surface area contributed by atoms with Crippen LogP contribution in [0.2, 0.25) is 0 Å². The summed E-state index contributed by atoms with van der Waals surface area (Å²) in [5.74, 6) is 2.00. The molecule has 1 unspecified atom stereocenters. The molecule has 0 saturated carbocycles. The van der Waals surface area contributed by atoms with Gasteiger partial charge in [0.25, 0.3) is 0 Å². The first-order valence-electron chi connectivity index (χ1n) is 14.8. The average Bonchev–Trinajstić information content (AvgIpc) is 3.41. The van der Waals surface area contributed by atoms with E-state index < -0.39 is 0 Å². The Hall–Kier alpha value is -3.33. The fourth-order valence-corrected chi connectivity index (χ4v) is 6.04. The third kappa shape index (κ3) is 8.12. The maximum atomic E-state index is 13.3. The van der Waals surface area contributed by atoms with Crippen molar-refractivity contribution in [2.45, 2.75) is 76.9 Å². The number of aromatic nitrogens is 3. The van der Waals surface area contributed by atoms with Crippen LogP contribution in [0.1, 0.15) is 64.4 Å². The van der Waals surface area contributed by atoms with Gasteiger partial charge in [-0.2, -0.15) is 0 Å². The lowest BCUT2D eigenvalue weighted by Crippen LogP contribution is -2.55. The predicted molar refractivity (Wildman–Crippen MR) is 165 cm³/mol. The lowest BCUT2D eigenvalue weighted by molar-refractivity contribution is -0.141. The topological polar surface area (TPSA) is 80.6 Å². The highest BCUT2D eigenvalue weighted by atomic mass is 32.2. The summed E-state index contributed by atoms with van der Waals surface area (Å²) in [4.78, 5) is 29.9. The second-order valence-electron chi connectivity index (χ2n) is 10.8. The predicted octanol–water partition coefficient (Wildman–Crippen LogP) is 6.15. The smallest absolute Gasteiger partial charge is 0.233 e. The van der Waals surface area contributed by atoms with Crippen LogP contribution in [-0.2, 0) is 9.59 Å². The van der Waals surface area contributed by atoms with Gasteiger partial charge in [0.1, 0.15) is 5.75 Å². The van der Waals surface area contributed by atoms with Crippen molar-refractivity contribution in [1.29, 1.82) is 0 Å². The van der Waals surface area contributed by atoms with E-state index in [0.29, 0.717) is 31.2 Å². The van der Waals surface area contributed by atoms with E-state index >= 15 is 0 Å². The highest BCUT2D eigenvalue weighted by Crippen LogP contribution is 2.29. The molecule has 8 nitrogen and oxygen atoms in total. The Labute approximate surface area is 248 Å². The Morgan fingerprint density at radius 1 is 0.927 bits per heavy atom. The molecule has 0 radical (unpaired) electrons. The number of carbonyl (C=O) groups is 2. The Morgan fingerprint density at radius 3 is 2.32 bits per heavy atom. The van der Waals surface area contributed by atoms with E-state index in [0.717, 1.165) is 35.7 Å². The minimum atomic E-state index is 0.0152. The van der Waals surface area contributed by atoms with Crippen LogP contribution in [-0.4, -0.2) is 74.9 Å². The van der Waals surface area contributed by atoms with E-state index in [1.54, 1.807) is 7.11 Å². The lowest BCUT2D eigenvalue weighted by Gasteiger charge is -2.40. The third-order valence-electron chi connectivity index (χ3n) is 7.64. The summed E-state index contributed by atoms with van der Waals surface area (Å²) in [6, 6.07) is 15.9. The molecule has 4 rings (SSSR count). The van der Waals surface area contributed by atoms with Crippen LogP contribution < -0.4 is 4.74 Å². The van der Waals surface area contributed by atoms with Gasteiger partial charge in [-0.05, 0) is 44.5 Å². The molecule has 0 N–H and O–H groups in total. The number of nitrogens with zero attached hydrogens (tertiary/aromatic N) is 5. The molecule has 2 aromatic carbocycles. The van der Waals surface area contributed by atoms with Gasteiger partial charge in [0.15, 0.2) is 11.0 Å². The van der Waals surface area contributed by atoms with Crippen molar-refractivity contribution in [3.8, 4) is 22.8 Å². The molecule has 2 amide bonds. The van der Waals surface area contributed by atoms with E-state index in [1.165, 1.54) is 43.0 Å². The zero-order valence-corrected chi connectivity index (χ0v) is 25.7. The number of rotatable bonds is 13. The Morgan fingerprint density at radius 2 is 1.63 bits per heavy atom. The highest BCUT2D eigenvalue weighted by Gasteiger charge is 2.29. The SMILES string of the molecule is CCCCCCCCC(=O)N1CCN(C(=O)CSc2nnc(-c3ccc(C)cc3)n2-c2ccc(OC)cc2)CC1C. The lowest BCUT2D eigenvalue weighted by atomic mass is 10.1. The normalized spacial score (nSPS) is 15.3. The zero-order chi connectivity index (χ0) is 29.2. The number of carbonyl (C=O) groups excluding carboxylic acids is 2. The third-order valence-corrected chi connectivity index (χ3v) is 8.56. The standard InChI is InChI=1S/C32H43N5O3S/c1-5-6-7-8-9-10-11-29(38)36-21-20-35(22-25(36)3)30(39)23-41-32-34-33-31(26-14-12-24(2)13-15-26)37(32)27-16-18-28(40-4)19-17-27/h12-19,25H,5-11,20-23H2,1-4H3. The summed E-state index contributed by atoms with van der Waals surface area (Å²) in [6.45, 7) is 8.01. The van der Waals surface area contributed by atoms with Crippen molar-refractivity contribution in [1.82, 2.24) is 24.6 Å². The minimum absolute atomic E-state index is 0.0152. The molecule has 0 aliphatic carbocycles. The Bertz CT molecular complexity index is 1280. The summed E-state index contributed by atoms with van der Waals surface area (Å²) in [6.07, 6.45) is 7.62. The zero-order valence-electron chi connectivity index (χ0n) is 24.8. The molecule has 3 aromatic rings. The number of piperazine rings is 1.